The number of para-hydroxylation sites is 1. The van der Waals surface area contributed by atoms with Gasteiger partial charge in [-0.15, -0.1) is 11.8 Å². The molecule has 0 radical (unpaired) electrons. The topological polar surface area (TPSA) is 55.8 Å². The Morgan fingerprint density at radius 1 is 1.12 bits per heavy atom. The fourth-order valence-corrected chi connectivity index (χ4v) is 4.16. The summed E-state index contributed by atoms with van der Waals surface area (Å²) >= 11 is 1.58. The molecular formula is C19H19NO4S. The van der Waals surface area contributed by atoms with Crippen molar-refractivity contribution in [2.24, 2.45) is 0 Å². The molecule has 6 heteroatoms. The fourth-order valence-electron chi connectivity index (χ4n) is 2.90. The predicted molar refractivity (Wildman–Crippen MR) is 97.4 cm³/mol. The average molecular weight is 357 g/mol. The van der Waals surface area contributed by atoms with Crippen molar-refractivity contribution in [3.63, 3.8) is 0 Å². The van der Waals surface area contributed by atoms with E-state index in [1.807, 2.05) is 36.4 Å². The molecule has 0 N–H and O–H groups in total. The fraction of sp³-hybridized carbons (Fsp3) is 0.263. The average Bonchev–Trinajstić information content (AvgIpc) is 2.76. The monoisotopic (exact) mass is 357 g/mol. The number of methoxy groups -OCH3 is 2. The van der Waals surface area contributed by atoms with Crippen molar-refractivity contribution in [3.8, 4) is 11.5 Å². The van der Waals surface area contributed by atoms with Gasteiger partial charge in [-0.05, 0) is 29.8 Å². The molecule has 25 heavy (non-hydrogen) atoms. The van der Waals surface area contributed by atoms with E-state index in [4.69, 9.17) is 9.47 Å². The largest absolute Gasteiger partial charge is 0.493 e. The van der Waals surface area contributed by atoms with E-state index in [9.17, 15) is 9.59 Å². The molecule has 2 aromatic rings. The van der Waals surface area contributed by atoms with Crippen molar-refractivity contribution in [2.45, 2.75) is 23.5 Å². The molecule has 0 aromatic heterocycles. The van der Waals surface area contributed by atoms with Crippen LogP contribution in [-0.2, 0) is 9.59 Å². The summed E-state index contributed by atoms with van der Waals surface area (Å²) in [5, 5.41) is -0.113. The van der Waals surface area contributed by atoms with Crippen LogP contribution in [0.15, 0.2) is 47.4 Å². The summed E-state index contributed by atoms with van der Waals surface area (Å²) < 4.78 is 10.6. The summed E-state index contributed by atoms with van der Waals surface area (Å²) in [6.07, 6.45) is 0.231. The van der Waals surface area contributed by atoms with Crippen LogP contribution in [0.1, 0.15) is 24.2 Å². The van der Waals surface area contributed by atoms with Crippen molar-refractivity contribution >= 4 is 29.3 Å². The second-order valence-electron chi connectivity index (χ2n) is 5.64. The number of ether oxygens (including phenoxy) is 2. The number of benzene rings is 2. The van der Waals surface area contributed by atoms with Crippen molar-refractivity contribution in [1.29, 1.82) is 0 Å². The number of imide groups is 1. The molecule has 1 aliphatic rings. The highest BCUT2D eigenvalue weighted by Crippen LogP contribution is 2.46. The summed E-state index contributed by atoms with van der Waals surface area (Å²) in [6, 6.07) is 13.1. The molecular weight excluding hydrogens is 338 g/mol. The van der Waals surface area contributed by atoms with Gasteiger partial charge >= 0.3 is 0 Å². The number of fused-ring (bicyclic) bond motifs is 1. The Kier molecular flexibility index (Phi) is 4.99. The summed E-state index contributed by atoms with van der Waals surface area (Å²) in [7, 11) is 3.17. The maximum Gasteiger partial charge on any atom is 0.235 e. The molecule has 1 aliphatic heterocycles. The van der Waals surface area contributed by atoms with Gasteiger partial charge in [-0.25, -0.2) is 4.90 Å². The molecule has 0 bridgehead atoms. The van der Waals surface area contributed by atoms with Crippen LogP contribution in [0, 0.1) is 0 Å². The molecule has 0 aliphatic carbocycles. The smallest absolute Gasteiger partial charge is 0.235 e. The van der Waals surface area contributed by atoms with E-state index in [-0.39, 0.29) is 23.5 Å². The Hall–Kier alpha value is -2.47. The van der Waals surface area contributed by atoms with Crippen molar-refractivity contribution in [2.75, 3.05) is 19.1 Å². The Balaban J connectivity index is 2.03. The molecule has 0 spiro atoms. The minimum absolute atomic E-state index is 0.113. The Bertz CT molecular complexity index is 821. The zero-order valence-electron chi connectivity index (χ0n) is 14.3. The zero-order valence-corrected chi connectivity index (χ0v) is 15.1. The molecule has 1 unspecified atom stereocenters. The highest BCUT2D eigenvalue weighted by molar-refractivity contribution is 7.99. The summed E-state index contributed by atoms with van der Waals surface area (Å²) in [5.41, 5.74) is 1.60. The lowest BCUT2D eigenvalue weighted by Crippen LogP contribution is -2.35. The number of thioether (sulfide) groups is 1. The minimum atomic E-state index is -0.272. The van der Waals surface area contributed by atoms with Gasteiger partial charge in [0, 0.05) is 23.5 Å². The number of amides is 2. The van der Waals surface area contributed by atoms with Crippen LogP contribution in [-0.4, -0.2) is 26.0 Å². The van der Waals surface area contributed by atoms with Crippen molar-refractivity contribution in [3.05, 3.63) is 48.0 Å². The van der Waals surface area contributed by atoms with Gasteiger partial charge in [-0.3, -0.25) is 9.59 Å². The van der Waals surface area contributed by atoms with Gasteiger partial charge < -0.3 is 9.47 Å². The Morgan fingerprint density at radius 2 is 1.84 bits per heavy atom. The van der Waals surface area contributed by atoms with Crippen molar-refractivity contribution in [1.82, 2.24) is 0 Å². The number of carbonyl (C=O) groups is 2. The second kappa shape index (κ2) is 7.19. The Labute approximate surface area is 150 Å². The molecule has 2 amide bonds. The van der Waals surface area contributed by atoms with Crippen LogP contribution in [0.2, 0.25) is 0 Å². The minimum Gasteiger partial charge on any atom is -0.493 e. The standard InChI is InChI=1S/C19H19NO4S/c1-12(21)20-14-6-4-5-7-17(14)25-18(11-19(20)22)13-8-9-15(23-2)16(10-13)24-3/h4-10,18H,11H2,1-3H3. The molecule has 0 saturated carbocycles. The third kappa shape index (κ3) is 3.35. The highest BCUT2D eigenvalue weighted by Gasteiger charge is 2.31. The van der Waals surface area contributed by atoms with Gasteiger partial charge in [0.15, 0.2) is 11.5 Å². The van der Waals surface area contributed by atoms with E-state index >= 15 is 0 Å². The second-order valence-corrected chi connectivity index (χ2v) is 6.89. The van der Waals surface area contributed by atoms with E-state index < -0.39 is 0 Å². The number of anilines is 1. The first-order valence-corrected chi connectivity index (χ1v) is 8.74. The summed E-state index contributed by atoms with van der Waals surface area (Å²) in [4.78, 5) is 26.9. The lowest BCUT2D eigenvalue weighted by Gasteiger charge is -2.18. The van der Waals surface area contributed by atoms with Gasteiger partial charge in [-0.1, -0.05) is 18.2 Å². The first-order chi connectivity index (χ1) is 12.0. The number of hydrogen-bond donors (Lipinski definition) is 0. The van der Waals surface area contributed by atoms with Gasteiger partial charge in [0.1, 0.15) is 0 Å². The molecule has 0 fully saturated rings. The van der Waals surface area contributed by atoms with Gasteiger partial charge in [0.25, 0.3) is 0 Å². The normalized spacial score (nSPS) is 16.8. The molecule has 130 valence electrons. The maximum atomic E-state index is 12.7. The van der Waals surface area contributed by atoms with Crippen LogP contribution >= 0.6 is 11.8 Å². The van der Waals surface area contributed by atoms with E-state index in [0.29, 0.717) is 17.2 Å². The van der Waals surface area contributed by atoms with Crippen LogP contribution in [0.25, 0.3) is 0 Å². The van der Waals surface area contributed by atoms with E-state index in [2.05, 4.69) is 0 Å². The predicted octanol–water partition coefficient (Wildman–Crippen LogP) is 3.82. The molecule has 2 aromatic carbocycles. The SMILES string of the molecule is COc1ccc(C2CC(=O)N(C(C)=O)c3ccccc3S2)cc1OC. The molecule has 1 atom stereocenters. The molecule has 5 nitrogen and oxygen atoms in total. The highest BCUT2D eigenvalue weighted by atomic mass is 32.2. The van der Waals surface area contributed by atoms with Crippen LogP contribution < -0.4 is 14.4 Å². The van der Waals surface area contributed by atoms with Gasteiger partial charge in [0.2, 0.25) is 11.8 Å². The van der Waals surface area contributed by atoms with Crippen molar-refractivity contribution < 1.29 is 19.1 Å². The summed E-state index contributed by atoms with van der Waals surface area (Å²) in [6.45, 7) is 1.41. The van der Waals surface area contributed by atoms with Gasteiger partial charge in [-0.2, -0.15) is 0 Å². The summed E-state index contributed by atoms with van der Waals surface area (Å²) in [5.74, 6) is 0.784. The lowest BCUT2D eigenvalue weighted by atomic mass is 10.1. The number of carbonyl (C=O) groups excluding carboxylic acids is 2. The zero-order chi connectivity index (χ0) is 18.0. The van der Waals surface area contributed by atoms with Gasteiger partial charge in [0.05, 0.1) is 19.9 Å². The quantitative estimate of drug-likeness (QED) is 0.836. The van der Waals surface area contributed by atoms with E-state index in [1.165, 1.54) is 11.8 Å². The molecule has 1 heterocycles. The Morgan fingerprint density at radius 3 is 2.52 bits per heavy atom. The maximum absolute atomic E-state index is 12.7. The number of nitrogens with zero attached hydrogens (tertiary/aromatic N) is 1. The van der Waals surface area contributed by atoms with E-state index in [1.54, 1.807) is 32.0 Å². The first kappa shape index (κ1) is 17.4. The van der Waals surface area contributed by atoms with E-state index in [0.717, 1.165) is 10.5 Å². The van der Waals surface area contributed by atoms with Crippen LogP contribution in [0.4, 0.5) is 5.69 Å². The third-order valence-corrected chi connectivity index (χ3v) is 5.40. The van der Waals surface area contributed by atoms with Crippen LogP contribution in [0.3, 0.4) is 0 Å². The number of hydrogen-bond acceptors (Lipinski definition) is 5. The lowest BCUT2D eigenvalue weighted by molar-refractivity contribution is -0.125. The van der Waals surface area contributed by atoms with Crippen LogP contribution in [0.5, 0.6) is 11.5 Å². The number of rotatable bonds is 3. The first-order valence-electron chi connectivity index (χ1n) is 7.86. The third-order valence-electron chi connectivity index (χ3n) is 4.08. The molecule has 3 rings (SSSR count). The molecule has 0 saturated heterocycles.